The van der Waals surface area contributed by atoms with Crippen molar-refractivity contribution in [3.63, 3.8) is 0 Å². The minimum absolute atomic E-state index is 0. The minimum atomic E-state index is 0. The van der Waals surface area contributed by atoms with E-state index in [9.17, 15) is 0 Å². The third kappa shape index (κ3) is 4.99. The normalized spacial score (nSPS) is 19.0. The third-order valence-corrected chi connectivity index (χ3v) is 4.88. The Kier molecular flexibility index (Phi) is 6.99. The summed E-state index contributed by atoms with van der Waals surface area (Å²) in [4.78, 5) is 6.86. The Labute approximate surface area is 156 Å². The van der Waals surface area contributed by atoms with Gasteiger partial charge in [0.15, 0.2) is 5.96 Å². The maximum atomic E-state index is 6.04. The molecule has 1 aliphatic heterocycles. The number of nitrogens with two attached hydrogens (primary N) is 1. The minimum Gasteiger partial charge on any atom is -0.374 e. The van der Waals surface area contributed by atoms with Crippen LogP contribution in [0.25, 0.3) is 0 Å². The Morgan fingerprint density at radius 3 is 2.83 bits per heavy atom. The van der Waals surface area contributed by atoms with Crippen molar-refractivity contribution < 1.29 is 0 Å². The Hall–Kier alpha value is -0.980. The fourth-order valence-corrected chi connectivity index (χ4v) is 3.62. The smallest absolute Gasteiger partial charge is 0.189 e. The molecule has 0 unspecified atom stereocenters. The van der Waals surface area contributed by atoms with E-state index in [2.05, 4.69) is 40.5 Å². The number of nitrogens with one attached hydrogen (secondary N) is 1. The molecule has 1 aliphatic carbocycles. The van der Waals surface area contributed by atoms with E-state index in [0.29, 0.717) is 18.5 Å². The average Bonchev–Trinajstić information content (AvgIpc) is 2.54. The quantitative estimate of drug-likeness (QED) is 0.441. The summed E-state index contributed by atoms with van der Waals surface area (Å²) in [6.07, 6.45) is 8.84. The zero-order chi connectivity index (χ0) is 15.4. The van der Waals surface area contributed by atoms with Crippen molar-refractivity contribution in [2.45, 2.75) is 57.5 Å². The lowest BCUT2D eigenvalue weighted by atomic mass is 9.96. The number of aliphatic imine (C=N–C) groups is 1. The second-order valence-electron chi connectivity index (χ2n) is 6.67. The molecule has 23 heavy (non-hydrogen) atoms. The van der Waals surface area contributed by atoms with E-state index in [1.165, 1.54) is 61.8 Å². The maximum Gasteiger partial charge on any atom is 0.189 e. The molecule has 0 amide bonds. The Morgan fingerprint density at radius 2 is 2.04 bits per heavy atom. The van der Waals surface area contributed by atoms with Crippen LogP contribution in [0.2, 0.25) is 0 Å². The average molecular weight is 428 g/mol. The largest absolute Gasteiger partial charge is 0.374 e. The van der Waals surface area contributed by atoms with Crippen molar-refractivity contribution in [3.8, 4) is 0 Å². The predicted octanol–water partition coefficient (Wildman–Crippen LogP) is 3.42. The molecule has 2 aliphatic rings. The number of hydrogen-bond acceptors (Lipinski definition) is 2. The molecule has 0 bridgehead atoms. The lowest BCUT2D eigenvalue weighted by molar-refractivity contribution is 0.412. The Bertz CT molecular complexity index is 538. The topological polar surface area (TPSA) is 53.6 Å². The SMILES string of the molecule is CN1CCCc2cc(CN=C(N)NC3CCCCC3)ccc21.I. The lowest BCUT2D eigenvalue weighted by Gasteiger charge is -2.27. The molecule has 1 heterocycles. The summed E-state index contributed by atoms with van der Waals surface area (Å²) in [5, 5.41) is 3.38. The highest BCUT2D eigenvalue weighted by atomic mass is 127. The van der Waals surface area contributed by atoms with Crippen molar-refractivity contribution in [1.82, 2.24) is 5.32 Å². The van der Waals surface area contributed by atoms with E-state index >= 15 is 0 Å². The second-order valence-corrected chi connectivity index (χ2v) is 6.67. The molecule has 3 N–H and O–H groups in total. The van der Waals surface area contributed by atoms with Gasteiger partial charge in [-0.05, 0) is 42.9 Å². The van der Waals surface area contributed by atoms with Gasteiger partial charge >= 0.3 is 0 Å². The molecular weight excluding hydrogens is 399 g/mol. The van der Waals surface area contributed by atoms with Gasteiger partial charge in [-0.1, -0.05) is 31.4 Å². The van der Waals surface area contributed by atoms with Gasteiger partial charge in [0.1, 0.15) is 0 Å². The van der Waals surface area contributed by atoms with Crippen LogP contribution >= 0.6 is 24.0 Å². The number of aryl methyl sites for hydroxylation is 1. The molecule has 0 saturated heterocycles. The fraction of sp³-hybridized carbons (Fsp3) is 0.611. The van der Waals surface area contributed by atoms with Gasteiger partial charge in [-0.3, -0.25) is 0 Å². The first-order valence-corrected chi connectivity index (χ1v) is 8.62. The summed E-state index contributed by atoms with van der Waals surface area (Å²) < 4.78 is 0. The molecule has 1 fully saturated rings. The van der Waals surface area contributed by atoms with Crippen LogP contribution in [-0.4, -0.2) is 25.6 Å². The summed E-state index contributed by atoms with van der Waals surface area (Å²) in [6.45, 7) is 1.82. The fourth-order valence-electron chi connectivity index (χ4n) is 3.62. The monoisotopic (exact) mass is 428 g/mol. The second kappa shape index (κ2) is 8.76. The molecule has 4 nitrogen and oxygen atoms in total. The molecule has 0 atom stereocenters. The predicted molar refractivity (Wildman–Crippen MR) is 109 cm³/mol. The van der Waals surface area contributed by atoms with Crippen LogP contribution in [-0.2, 0) is 13.0 Å². The molecule has 0 radical (unpaired) electrons. The maximum absolute atomic E-state index is 6.04. The van der Waals surface area contributed by atoms with Gasteiger partial charge in [0.05, 0.1) is 6.54 Å². The highest BCUT2D eigenvalue weighted by Crippen LogP contribution is 2.27. The van der Waals surface area contributed by atoms with E-state index in [4.69, 9.17) is 5.73 Å². The first-order valence-electron chi connectivity index (χ1n) is 8.62. The van der Waals surface area contributed by atoms with Crippen molar-refractivity contribution in [2.75, 3.05) is 18.5 Å². The number of rotatable bonds is 3. The standard InChI is InChI=1S/C18H28N4.HI/c1-22-11-5-6-15-12-14(9-10-17(15)22)13-20-18(19)21-16-7-3-2-4-8-16;/h9-10,12,16H,2-8,11,13H2,1H3,(H3,19,20,21);1H. The van der Waals surface area contributed by atoms with Gasteiger partial charge in [0.2, 0.25) is 0 Å². The van der Waals surface area contributed by atoms with Gasteiger partial charge in [-0.15, -0.1) is 24.0 Å². The summed E-state index contributed by atoms with van der Waals surface area (Å²) in [7, 11) is 2.17. The van der Waals surface area contributed by atoms with Crippen molar-refractivity contribution in [2.24, 2.45) is 10.7 Å². The molecular formula is C18H29IN4. The number of fused-ring (bicyclic) bond motifs is 1. The summed E-state index contributed by atoms with van der Waals surface area (Å²) in [5.41, 5.74) is 10.1. The van der Waals surface area contributed by atoms with Crippen LogP contribution < -0.4 is 16.0 Å². The third-order valence-electron chi connectivity index (χ3n) is 4.88. The molecule has 0 aromatic heterocycles. The molecule has 3 rings (SSSR count). The number of nitrogens with zero attached hydrogens (tertiary/aromatic N) is 2. The zero-order valence-electron chi connectivity index (χ0n) is 14.1. The molecule has 5 heteroatoms. The van der Waals surface area contributed by atoms with Crippen molar-refractivity contribution in [3.05, 3.63) is 29.3 Å². The molecule has 1 aromatic rings. The molecule has 1 saturated carbocycles. The first kappa shape index (κ1) is 18.4. The van der Waals surface area contributed by atoms with Crippen molar-refractivity contribution >= 4 is 35.6 Å². The van der Waals surface area contributed by atoms with Crippen molar-refractivity contribution in [1.29, 1.82) is 0 Å². The number of guanidine groups is 1. The van der Waals surface area contributed by atoms with Crippen LogP contribution in [0, 0.1) is 0 Å². The van der Waals surface area contributed by atoms with Gasteiger partial charge in [-0.2, -0.15) is 0 Å². The van der Waals surface area contributed by atoms with Gasteiger partial charge in [0, 0.05) is 25.3 Å². The Morgan fingerprint density at radius 1 is 1.26 bits per heavy atom. The number of hydrogen-bond donors (Lipinski definition) is 2. The highest BCUT2D eigenvalue weighted by molar-refractivity contribution is 14.0. The van der Waals surface area contributed by atoms with Crippen LogP contribution in [0.4, 0.5) is 5.69 Å². The molecule has 128 valence electrons. The number of benzene rings is 1. The molecule has 0 spiro atoms. The van der Waals surface area contributed by atoms with Crippen LogP contribution in [0.15, 0.2) is 23.2 Å². The Balaban J connectivity index is 0.00000192. The van der Waals surface area contributed by atoms with Gasteiger partial charge in [-0.25, -0.2) is 4.99 Å². The van der Waals surface area contributed by atoms with Crippen LogP contribution in [0.1, 0.15) is 49.7 Å². The van der Waals surface area contributed by atoms with Gasteiger partial charge < -0.3 is 16.0 Å². The number of anilines is 1. The lowest BCUT2D eigenvalue weighted by Crippen LogP contribution is -2.41. The van der Waals surface area contributed by atoms with E-state index in [1.807, 2.05) is 0 Å². The van der Waals surface area contributed by atoms with Gasteiger partial charge in [0.25, 0.3) is 0 Å². The molecule has 1 aromatic carbocycles. The van der Waals surface area contributed by atoms with Crippen LogP contribution in [0.3, 0.4) is 0 Å². The number of halogens is 1. The highest BCUT2D eigenvalue weighted by Gasteiger charge is 2.14. The van der Waals surface area contributed by atoms with E-state index in [0.717, 1.165) is 6.54 Å². The van der Waals surface area contributed by atoms with Crippen LogP contribution in [0.5, 0.6) is 0 Å². The van der Waals surface area contributed by atoms with E-state index < -0.39 is 0 Å². The first-order chi connectivity index (χ1) is 10.7. The van der Waals surface area contributed by atoms with E-state index in [1.54, 1.807) is 0 Å². The summed E-state index contributed by atoms with van der Waals surface area (Å²) in [5.74, 6) is 0.599. The summed E-state index contributed by atoms with van der Waals surface area (Å²) >= 11 is 0. The zero-order valence-corrected chi connectivity index (χ0v) is 16.4. The summed E-state index contributed by atoms with van der Waals surface area (Å²) in [6, 6.07) is 7.22. The van der Waals surface area contributed by atoms with E-state index in [-0.39, 0.29) is 24.0 Å².